The zero-order valence-corrected chi connectivity index (χ0v) is 9.73. The van der Waals surface area contributed by atoms with E-state index in [4.69, 9.17) is 0 Å². The minimum absolute atomic E-state index is 0.485. The third-order valence-corrected chi connectivity index (χ3v) is 4.80. The molecule has 2 rings (SSSR count). The molecule has 2 nitrogen and oxygen atoms in total. The molecule has 1 heterocycles. The molecule has 0 atom stereocenters. The van der Waals surface area contributed by atoms with E-state index in [9.17, 15) is 0 Å². The van der Waals surface area contributed by atoms with Crippen LogP contribution in [0.3, 0.4) is 0 Å². The van der Waals surface area contributed by atoms with E-state index in [0.29, 0.717) is 5.41 Å². The second-order valence-corrected chi connectivity index (χ2v) is 5.16. The molecule has 1 aliphatic rings. The number of thioether (sulfide) groups is 1. The van der Waals surface area contributed by atoms with Gasteiger partial charge in [0.05, 0.1) is 5.03 Å². The maximum absolute atomic E-state index is 4.43. The van der Waals surface area contributed by atoms with Crippen molar-refractivity contribution in [2.45, 2.75) is 24.3 Å². The summed E-state index contributed by atoms with van der Waals surface area (Å²) in [5.74, 6) is 2.15. The number of rotatable bonds is 4. The van der Waals surface area contributed by atoms with Crippen LogP contribution in [-0.2, 0) is 0 Å². The lowest BCUT2D eigenvalue weighted by Gasteiger charge is -2.40. The quantitative estimate of drug-likeness (QED) is 0.485. The predicted octanol–water partition coefficient (Wildman–Crippen LogP) is 2.67. The Morgan fingerprint density at radius 3 is 2.86 bits per heavy atom. The highest BCUT2D eigenvalue weighted by Crippen LogP contribution is 2.45. The maximum Gasteiger partial charge on any atom is 0.116 e. The highest BCUT2D eigenvalue weighted by atomic mass is 32.2. The number of thiol groups is 1. The molecule has 0 spiro atoms. The van der Waals surface area contributed by atoms with E-state index in [1.807, 2.05) is 17.8 Å². The van der Waals surface area contributed by atoms with Crippen LogP contribution in [0.1, 0.15) is 19.3 Å². The zero-order valence-electron chi connectivity index (χ0n) is 8.02. The first-order valence-corrected chi connectivity index (χ1v) is 6.46. The fraction of sp³-hybridized carbons (Fsp3) is 0.600. The molecule has 0 amide bonds. The summed E-state index contributed by atoms with van der Waals surface area (Å²) in [7, 11) is 0. The van der Waals surface area contributed by atoms with Crippen molar-refractivity contribution in [2.75, 3.05) is 11.5 Å². The summed E-state index contributed by atoms with van der Waals surface area (Å²) in [6.45, 7) is 0. The lowest BCUT2D eigenvalue weighted by molar-refractivity contribution is 0.205. The van der Waals surface area contributed by atoms with Gasteiger partial charge in [-0.05, 0) is 30.1 Å². The Morgan fingerprint density at radius 2 is 2.36 bits per heavy atom. The molecule has 76 valence electrons. The SMILES string of the molecule is SCC1(CSc2ccncn2)CCC1. The van der Waals surface area contributed by atoms with E-state index in [1.54, 1.807) is 12.5 Å². The van der Waals surface area contributed by atoms with Gasteiger partial charge in [-0.3, -0.25) is 0 Å². The molecule has 0 N–H and O–H groups in total. The van der Waals surface area contributed by atoms with Crippen LogP contribution in [0.25, 0.3) is 0 Å². The van der Waals surface area contributed by atoms with Gasteiger partial charge >= 0.3 is 0 Å². The van der Waals surface area contributed by atoms with Crippen molar-refractivity contribution >= 4 is 24.4 Å². The smallest absolute Gasteiger partial charge is 0.116 e. The van der Waals surface area contributed by atoms with Crippen LogP contribution >= 0.6 is 24.4 Å². The van der Waals surface area contributed by atoms with E-state index < -0.39 is 0 Å². The molecule has 0 unspecified atom stereocenters. The van der Waals surface area contributed by atoms with Crippen LogP contribution in [0.2, 0.25) is 0 Å². The molecule has 1 aromatic rings. The Hall–Kier alpha value is -0.220. The molecule has 0 bridgehead atoms. The average Bonchev–Trinajstić information content (AvgIpc) is 2.19. The first-order chi connectivity index (χ1) is 6.85. The second kappa shape index (κ2) is 4.53. The predicted molar refractivity (Wildman–Crippen MR) is 62.9 cm³/mol. The third-order valence-electron chi connectivity index (χ3n) is 2.83. The Kier molecular flexibility index (Phi) is 3.34. The molecular formula is C10H14N2S2. The fourth-order valence-corrected chi connectivity index (χ4v) is 3.32. The minimum Gasteiger partial charge on any atom is -0.245 e. The second-order valence-electron chi connectivity index (χ2n) is 3.85. The third kappa shape index (κ3) is 2.23. The van der Waals surface area contributed by atoms with Crippen molar-refractivity contribution in [1.82, 2.24) is 9.97 Å². The van der Waals surface area contributed by atoms with Gasteiger partial charge in [0, 0.05) is 11.9 Å². The van der Waals surface area contributed by atoms with Gasteiger partial charge in [-0.1, -0.05) is 6.42 Å². The van der Waals surface area contributed by atoms with E-state index in [2.05, 4.69) is 22.6 Å². The van der Waals surface area contributed by atoms with E-state index in [-0.39, 0.29) is 0 Å². The number of aromatic nitrogens is 2. The minimum atomic E-state index is 0.485. The average molecular weight is 226 g/mol. The van der Waals surface area contributed by atoms with Crippen molar-refractivity contribution in [3.05, 3.63) is 18.6 Å². The molecule has 0 saturated heterocycles. The van der Waals surface area contributed by atoms with Gasteiger partial charge < -0.3 is 0 Å². The molecule has 1 fully saturated rings. The van der Waals surface area contributed by atoms with Crippen molar-refractivity contribution < 1.29 is 0 Å². The van der Waals surface area contributed by atoms with Gasteiger partial charge in [0.2, 0.25) is 0 Å². The summed E-state index contributed by atoms with van der Waals surface area (Å²) in [6, 6.07) is 1.97. The molecule has 0 radical (unpaired) electrons. The normalized spacial score (nSPS) is 18.9. The van der Waals surface area contributed by atoms with Gasteiger partial charge in [-0.25, -0.2) is 9.97 Å². The summed E-state index contributed by atoms with van der Waals surface area (Å²) < 4.78 is 0. The Bertz CT molecular complexity index is 280. The standard InChI is InChI=1S/C10H14N2S2/c13-6-10(3-1-4-10)7-14-9-2-5-11-8-12-9/h2,5,8,13H,1,3-4,6-7H2. The first kappa shape index (κ1) is 10.3. The van der Waals surface area contributed by atoms with E-state index in [1.165, 1.54) is 19.3 Å². The topological polar surface area (TPSA) is 25.8 Å². The monoisotopic (exact) mass is 226 g/mol. The number of nitrogens with zero attached hydrogens (tertiary/aromatic N) is 2. The van der Waals surface area contributed by atoms with Crippen LogP contribution in [0, 0.1) is 5.41 Å². The molecule has 0 aliphatic heterocycles. The molecule has 0 aromatic carbocycles. The molecular weight excluding hydrogens is 212 g/mol. The lowest BCUT2D eigenvalue weighted by atomic mass is 9.72. The zero-order chi connectivity index (χ0) is 9.86. The summed E-state index contributed by atoms with van der Waals surface area (Å²) in [5, 5.41) is 1.08. The van der Waals surface area contributed by atoms with Gasteiger partial charge in [0.25, 0.3) is 0 Å². The van der Waals surface area contributed by atoms with Gasteiger partial charge in [-0.15, -0.1) is 11.8 Å². The van der Waals surface area contributed by atoms with Crippen LogP contribution < -0.4 is 0 Å². The molecule has 1 aromatic heterocycles. The summed E-state index contributed by atoms with van der Waals surface area (Å²) >= 11 is 6.26. The van der Waals surface area contributed by atoms with Gasteiger partial charge in [-0.2, -0.15) is 12.6 Å². The maximum atomic E-state index is 4.43. The van der Waals surface area contributed by atoms with Crippen molar-refractivity contribution in [1.29, 1.82) is 0 Å². The summed E-state index contributed by atoms with van der Waals surface area (Å²) in [4.78, 5) is 8.11. The highest BCUT2D eigenvalue weighted by molar-refractivity contribution is 7.99. The van der Waals surface area contributed by atoms with Crippen molar-refractivity contribution in [2.24, 2.45) is 5.41 Å². The lowest BCUT2D eigenvalue weighted by Crippen LogP contribution is -2.33. The van der Waals surface area contributed by atoms with E-state index >= 15 is 0 Å². The fourth-order valence-electron chi connectivity index (χ4n) is 1.62. The van der Waals surface area contributed by atoms with Crippen LogP contribution in [0.5, 0.6) is 0 Å². The summed E-state index contributed by atoms with van der Waals surface area (Å²) in [5.41, 5.74) is 0.485. The van der Waals surface area contributed by atoms with Crippen LogP contribution in [-0.4, -0.2) is 21.5 Å². The van der Waals surface area contributed by atoms with Crippen molar-refractivity contribution in [3.8, 4) is 0 Å². The van der Waals surface area contributed by atoms with Crippen LogP contribution in [0.15, 0.2) is 23.6 Å². The Labute approximate surface area is 94.3 Å². The Morgan fingerprint density at radius 1 is 1.50 bits per heavy atom. The van der Waals surface area contributed by atoms with Gasteiger partial charge in [0.1, 0.15) is 6.33 Å². The highest BCUT2D eigenvalue weighted by Gasteiger charge is 2.35. The number of hydrogen-bond acceptors (Lipinski definition) is 4. The molecule has 14 heavy (non-hydrogen) atoms. The van der Waals surface area contributed by atoms with E-state index in [0.717, 1.165) is 16.5 Å². The molecule has 4 heteroatoms. The molecule has 1 aliphatic carbocycles. The van der Waals surface area contributed by atoms with Crippen molar-refractivity contribution in [3.63, 3.8) is 0 Å². The largest absolute Gasteiger partial charge is 0.245 e. The summed E-state index contributed by atoms with van der Waals surface area (Å²) in [6.07, 6.45) is 7.42. The first-order valence-electron chi connectivity index (χ1n) is 4.84. The van der Waals surface area contributed by atoms with Crippen LogP contribution in [0.4, 0.5) is 0 Å². The Balaban J connectivity index is 1.88. The van der Waals surface area contributed by atoms with Gasteiger partial charge in [0.15, 0.2) is 0 Å². The number of hydrogen-bond donors (Lipinski definition) is 1. The molecule has 1 saturated carbocycles.